The van der Waals surface area contributed by atoms with Crippen molar-refractivity contribution in [1.29, 1.82) is 0 Å². The van der Waals surface area contributed by atoms with E-state index in [4.69, 9.17) is 4.74 Å². The molecular formula is C18H22N2O2. The number of rotatable bonds is 6. The Hall–Kier alpha value is -2.49. The third kappa shape index (κ3) is 4.81. The van der Waals surface area contributed by atoms with Gasteiger partial charge in [-0.1, -0.05) is 12.1 Å². The number of amides is 1. The fourth-order valence-corrected chi connectivity index (χ4v) is 2.30. The van der Waals surface area contributed by atoms with Gasteiger partial charge in [-0.25, -0.2) is 0 Å². The molecule has 2 N–H and O–H groups in total. The lowest BCUT2D eigenvalue weighted by Crippen LogP contribution is -2.21. The van der Waals surface area contributed by atoms with Crippen molar-refractivity contribution in [2.24, 2.45) is 0 Å². The molecule has 0 saturated carbocycles. The van der Waals surface area contributed by atoms with Gasteiger partial charge in [0.15, 0.2) is 0 Å². The zero-order valence-corrected chi connectivity index (χ0v) is 13.3. The maximum Gasteiger partial charge on any atom is 0.243 e. The van der Waals surface area contributed by atoms with Crippen molar-refractivity contribution in [3.05, 3.63) is 53.6 Å². The van der Waals surface area contributed by atoms with Crippen molar-refractivity contribution in [2.45, 2.75) is 20.8 Å². The lowest BCUT2D eigenvalue weighted by atomic mass is 10.1. The van der Waals surface area contributed by atoms with Gasteiger partial charge in [0.2, 0.25) is 5.91 Å². The topological polar surface area (TPSA) is 50.4 Å². The highest BCUT2D eigenvalue weighted by Crippen LogP contribution is 2.17. The van der Waals surface area contributed by atoms with Crippen molar-refractivity contribution in [3.8, 4) is 5.75 Å². The second kappa shape index (κ2) is 7.50. The van der Waals surface area contributed by atoms with Crippen LogP contribution in [0.5, 0.6) is 5.75 Å². The first-order valence-electron chi connectivity index (χ1n) is 7.41. The van der Waals surface area contributed by atoms with Crippen LogP contribution in [0.15, 0.2) is 42.5 Å². The maximum absolute atomic E-state index is 12.0. The summed E-state index contributed by atoms with van der Waals surface area (Å²) in [5, 5.41) is 6.00. The average Bonchev–Trinajstić information content (AvgIpc) is 2.45. The molecule has 2 aromatic carbocycles. The van der Waals surface area contributed by atoms with Gasteiger partial charge in [-0.3, -0.25) is 4.79 Å². The van der Waals surface area contributed by atoms with Crippen LogP contribution in [0.2, 0.25) is 0 Å². The predicted octanol–water partition coefficient (Wildman–Crippen LogP) is 3.75. The number of benzene rings is 2. The highest BCUT2D eigenvalue weighted by Gasteiger charge is 2.04. The molecule has 2 rings (SSSR count). The first kappa shape index (κ1) is 15.9. The van der Waals surface area contributed by atoms with Crippen LogP contribution >= 0.6 is 0 Å². The van der Waals surface area contributed by atoms with Gasteiger partial charge in [0.25, 0.3) is 0 Å². The van der Waals surface area contributed by atoms with E-state index in [-0.39, 0.29) is 12.5 Å². The minimum absolute atomic E-state index is 0.0770. The zero-order chi connectivity index (χ0) is 15.9. The average molecular weight is 298 g/mol. The summed E-state index contributed by atoms with van der Waals surface area (Å²) in [4.78, 5) is 12.0. The Morgan fingerprint density at radius 2 is 1.77 bits per heavy atom. The van der Waals surface area contributed by atoms with E-state index >= 15 is 0 Å². The first-order chi connectivity index (χ1) is 10.6. The molecule has 0 aliphatic heterocycles. The van der Waals surface area contributed by atoms with Crippen LogP contribution in [0.1, 0.15) is 18.1 Å². The molecular weight excluding hydrogens is 276 g/mol. The number of carbonyl (C=O) groups excluding carboxylic acids is 1. The summed E-state index contributed by atoms with van der Waals surface area (Å²) in [6.07, 6.45) is 0. The predicted molar refractivity (Wildman–Crippen MR) is 90.6 cm³/mol. The van der Waals surface area contributed by atoms with Crippen LogP contribution in [0.4, 0.5) is 11.4 Å². The molecule has 0 fully saturated rings. The molecule has 0 radical (unpaired) electrons. The molecule has 0 atom stereocenters. The largest absolute Gasteiger partial charge is 0.494 e. The summed E-state index contributed by atoms with van der Waals surface area (Å²) in [5.41, 5.74) is 3.95. The number of hydrogen-bond acceptors (Lipinski definition) is 3. The van der Waals surface area contributed by atoms with Gasteiger partial charge in [0, 0.05) is 17.4 Å². The Kier molecular flexibility index (Phi) is 5.42. The van der Waals surface area contributed by atoms with Crippen molar-refractivity contribution in [2.75, 3.05) is 23.8 Å². The van der Waals surface area contributed by atoms with Crippen molar-refractivity contribution in [3.63, 3.8) is 0 Å². The third-order valence-corrected chi connectivity index (χ3v) is 3.10. The SMILES string of the molecule is CCOc1cccc(NCC(=O)Nc2cc(C)cc(C)c2)c1. The second-order valence-corrected chi connectivity index (χ2v) is 5.24. The number of carbonyl (C=O) groups is 1. The van der Waals surface area contributed by atoms with Crippen LogP contribution in [0, 0.1) is 13.8 Å². The Morgan fingerprint density at radius 3 is 2.45 bits per heavy atom. The summed E-state index contributed by atoms with van der Waals surface area (Å²) in [7, 11) is 0. The van der Waals surface area contributed by atoms with Crippen LogP contribution in [-0.2, 0) is 4.79 Å². The molecule has 0 aliphatic rings. The van der Waals surface area contributed by atoms with E-state index in [1.165, 1.54) is 0 Å². The first-order valence-corrected chi connectivity index (χ1v) is 7.41. The molecule has 0 heterocycles. The third-order valence-electron chi connectivity index (χ3n) is 3.10. The number of aryl methyl sites for hydroxylation is 2. The maximum atomic E-state index is 12.0. The molecule has 116 valence electrons. The summed E-state index contributed by atoms with van der Waals surface area (Å²) in [6.45, 7) is 6.80. The van der Waals surface area contributed by atoms with E-state index in [2.05, 4.69) is 16.7 Å². The second-order valence-electron chi connectivity index (χ2n) is 5.24. The van der Waals surface area contributed by atoms with Gasteiger partial charge in [-0.15, -0.1) is 0 Å². The summed E-state index contributed by atoms with van der Waals surface area (Å²) in [6, 6.07) is 13.6. The van der Waals surface area contributed by atoms with Gasteiger partial charge in [0.05, 0.1) is 13.2 Å². The molecule has 4 heteroatoms. The molecule has 0 spiro atoms. The van der Waals surface area contributed by atoms with Crippen LogP contribution in [0.3, 0.4) is 0 Å². The molecule has 0 aromatic heterocycles. The summed E-state index contributed by atoms with van der Waals surface area (Å²) >= 11 is 0. The highest BCUT2D eigenvalue weighted by atomic mass is 16.5. The van der Waals surface area contributed by atoms with Crippen LogP contribution in [0.25, 0.3) is 0 Å². The lowest BCUT2D eigenvalue weighted by molar-refractivity contribution is -0.114. The van der Waals surface area contributed by atoms with Gasteiger partial charge < -0.3 is 15.4 Å². The molecule has 0 bridgehead atoms. The minimum atomic E-state index is -0.0770. The number of hydrogen-bond donors (Lipinski definition) is 2. The van der Waals surface area contributed by atoms with Crippen LogP contribution in [-0.4, -0.2) is 19.1 Å². The molecule has 1 amide bonds. The van der Waals surface area contributed by atoms with E-state index in [1.807, 2.05) is 57.2 Å². The van der Waals surface area contributed by atoms with Gasteiger partial charge >= 0.3 is 0 Å². The number of ether oxygens (including phenoxy) is 1. The smallest absolute Gasteiger partial charge is 0.243 e. The Bertz CT molecular complexity index is 633. The van der Waals surface area contributed by atoms with E-state index in [1.54, 1.807) is 0 Å². The van der Waals surface area contributed by atoms with E-state index < -0.39 is 0 Å². The van der Waals surface area contributed by atoms with Gasteiger partial charge in [0.1, 0.15) is 5.75 Å². The van der Waals surface area contributed by atoms with E-state index in [9.17, 15) is 4.79 Å². The van der Waals surface area contributed by atoms with Crippen molar-refractivity contribution in [1.82, 2.24) is 0 Å². The summed E-state index contributed by atoms with van der Waals surface area (Å²) in [5.74, 6) is 0.717. The van der Waals surface area contributed by atoms with E-state index in [0.29, 0.717) is 6.61 Å². The zero-order valence-electron chi connectivity index (χ0n) is 13.3. The monoisotopic (exact) mass is 298 g/mol. The van der Waals surface area contributed by atoms with Gasteiger partial charge in [-0.2, -0.15) is 0 Å². The Balaban J connectivity index is 1.91. The molecule has 2 aromatic rings. The van der Waals surface area contributed by atoms with Gasteiger partial charge in [-0.05, 0) is 56.2 Å². The number of nitrogens with one attached hydrogen (secondary N) is 2. The minimum Gasteiger partial charge on any atom is -0.494 e. The number of anilines is 2. The Labute approximate surface area is 131 Å². The van der Waals surface area contributed by atoms with Crippen molar-refractivity contribution < 1.29 is 9.53 Å². The standard InChI is InChI=1S/C18H22N2O2/c1-4-22-17-7-5-6-15(11-17)19-12-18(21)20-16-9-13(2)8-14(3)10-16/h5-11,19H,4,12H2,1-3H3,(H,20,21). The fraction of sp³-hybridized carbons (Fsp3) is 0.278. The summed E-state index contributed by atoms with van der Waals surface area (Å²) < 4.78 is 5.43. The van der Waals surface area contributed by atoms with Crippen molar-refractivity contribution >= 4 is 17.3 Å². The normalized spacial score (nSPS) is 10.1. The van der Waals surface area contributed by atoms with Crippen LogP contribution < -0.4 is 15.4 Å². The lowest BCUT2D eigenvalue weighted by Gasteiger charge is -2.10. The molecule has 0 unspecified atom stereocenters. The molecule has 4 nitrogen and oxygen atoms in total. The molecule has 22 heavy (non-hydrogen) atoms. The quantitative estimate of drug-likeness (QED) is 0.854. The Morgan fingerprint density at radius 1 is 1.05 bits per heavy atom. The molecule has 0 saturated heterocycles. The molecule has 0 aliphatic carbocycles. The highest BCUT2D eigenvalue weighted by molar-refractivity contribution is 5.93. The fourth-order valence-electron chi connectivity index (χ4n) is 2.30. The van der Waals surface area contributed by atoms with E-state index in [0.717, 1.165) is 28.3 Å².